The standard InChI is InChI=1S/C21H22N4O2/c1-16(26)17-6-8-19(9-7-17)25-12-10-24(11-13-25)15-21(27)23-20-5-3-2-4-18(20)14-22/h2-9H,10-13,15H2,1H3,(H,23,27)/p+1. The number of nitrogens with zero attached hydrogens (tertiary/aromatic N) is 2. The molecule has 138 valence electrons. The predicted molar refractivity (Wildman–Crippen MR) is 104 cm³/mol. The van der Waals surface area contributed by atoms with Gasteiger partial charge < -0.3 is 15.1 Å². The number of nitriles is 1. The average Bonchev–Trinajstić information content (AvgIpc) is 2.69. The van der Waals surface area contributed by atoms with Gasteiger partial charge in [0.15, 0.2) is 12.3 Å². The lowest BCUT2D eigenvalue weighted by atomic mass is 10.1. The number of amides is 1. The van der Waals surface area contributed by atoms with Crippen LogP contribution < -0.4 is 15.1 Å². The number of carbonyl (C=O) groups is 2. The second-order valence-electron chi connectivity index (χ2n) is 6.72. The first-order chi connectivity index (χ1) is 13.1. The smallest absolute Gasteiger partial charge is 0.279 e. The maximum Gasteiger partial charge on any atom is 0.279 e. The van der Waals surface area contributed by atoms with E-state index in [1.807, 2.05) is 24.3 Å². The first kappa shape index (κ1) is 18.6. The lowest BCUT2D eigenvalue weighted by Gasteiger charge is -2.33. The van der Waals surface area contributed by atoms with Crippen LogP contribution in [-0.4, -0.2) is 44.4 Å². The van der Waals surface area contributed by atoms with Crippen molar-refractivity contribution in [3.63, 3.8) is 0 Å². The molecule has 27 heavy (non-hydrogen) atoms. The zero-order valence-corrected chi connectivity index (χ0v) is 15.4. The largest absolute Gasteiger partial charge is 0.360 e. The number of Topliss-reactive ketones (excluding diaryl/α,β-unsaturated/α-hetero) is 1. The summed E-state index contributed by atoms with van der Waals surface area (Å²) in [6.07, 6.45) is 0. The summed E-state index contributed by atoms with van der Waals surface area (Å²) in [4.78, 5) is 27.2. The lowest BCUT2D eigenvalue weighted by Crippen LogP contribution is -3.15. The van der Waals surface area contributed by atoms with E-state index < -0.39 is 0 Å². The van der Waals surface area contributed by atoms with Gasteiger partial charge in [0.2, 0.25) is 0 Å². The first-order valence-electron chi connectivity index (χ1n) is 9.05. The van der Waals surface area contributed by atoms with Crippen molar-refractivity contribution in [2.75, 3.05) is 42.9 Å². The Kier molecular flexibility index (Phi) is 5.84. The van der Waals surface area contributed by atoms with E-state index in [4.69, 9.17) is 5.26 Å². The summed E-state index contributed by atoms with van der Waals surface area (Å²) in [5.41, 5.74) is 2.86. The Bertz CT molecular complexity index is 862. The highest BCUT2D eigenvalue weighted by molar-refractivity contribution is 5.94. The molecule has 0 aliphatic carbocycles. The molecule has 1 amide bonds. The molecular formula is C21H23N4O2+. The molecule has 2 N–H and O–H groups in total. The number of quaternary nitrogens is 1. The Balaban J connectivity index is 1.51. The minimum atomic E-state index is -0.0769. The van der Waals surface area contributed by atoms with E-state index in [2.05, 4.69) is 16.3 Å². The summed E-state index contributed by atoms with van der Waals surface area (Å²) < 4.78 is 0. The van der Waals surface area contributed by atoms with E-state index in [-0.39, 0.29) is 11.7 Å². The highest BCUT2D eigenvalue weighted by Gasteiger charge is 2.22. The molecule has 3 rings (SSSR count). The zero-order chi connectivity index (χ0) is 19.2. The van der Waals surface area contributed by atoms with Gasteiger partial charge in [-0.25, -0.2) is 0 Å². The second kappa shape index (κ2) is 8.47. The van der Waals surface area contributed by atoms with Crippen molar-refractivity contribution < 1.29 is 14.5 Å². The Hall–Kier alpha value is -3.17. The Morgan fingerprint density at radius 1 is 1.11 bits per heavy atom. The monoisotopic (exact) mass is 363 g/mol. The molecule has 1 aliphatic heterocycles. The molecule has 0 unspecified atom stereocenters. The van der Waals surface area contributed by atoms with E-state index in [1.54, 1.807) is 31.2 Å². The maximum absolute atomic E-state index is 12.3. The van der Waals surface area contributed by atoms with Crippen molar-refractivity contribution in [2.45, 2.75) is 6.92 Å². The van der Waals surface area contributed by atoms with Gasteiger partial charge in [-0.15, -0.1) is 0 Å². The van der Waals surface area contributed by atoms with Crippen LogP contribution in [0.5, 0.6) is 0 Å². The molecule has 2 aromatic carbocycles. The number of benzene rings is 2. The van der Waals surface area contributed by atoms with Gasteiger partial charge in [0.05, 0.1) is 37.4 Å². The fraction of sp³-hybridized carbons (Fsp3) is 0.286. The third-order valence-corrected chi connectivity index (χ3v) is 4.84. The zero-order valence-electron chi connectivity index (χ0n) is 15.4. The molecular weight excluding hydrogens is 340 g/mol. The molecule has 2 aromatic rings. The van der Waals surface area contributed by atoms with Gasteiger partial charge in [-0.1, -0.05) is 12.1 Å². The number of hydrogen-bond acceptors (Lipinski definition) is 4. The molecule has 0 aromatic heterocycles. The van der Waals surface area contributed by atoms with Crippen LogP contribution in [0.1, 0.15) is 22.8 Å². The van der Waals surface area contributed by atoms with E-state index in [0.717, 1.165) is 37.4 Å². The van der Waals surface area contributed by atoms with Gasteiger partial charge in [-0.05, 0) is 43.3 Å². The Morgan fingerprint density at radius 3 is 2.41 bits per heavy atom. The van der Waals surface area contributed by atoms with Gasteiger partial charge in [0.1, 0.15) is 6.07 Å². The maximum atomic E-state index is 12.3. The summed E-state index contributed by atoms with van der Waals surface area (Å²) in [6.45, 7) is 5.39. The van der Waals surface area contributed by atoms with Crippen LogP contribution in [0.3, 0.4) is 0 Å². The summed E-state index contributed by atoms with van der Waals surface area (Å²) >= 11 is 0. The highest BCUT2D eigenvalue weighted by atomic mass is 16.2. The van der Waals surface area contributed by atoms with Gasteiger partial charge in [0, 0.05) is 11.3 Å². The number of carbonyl (C=O) groups excluding carboxylic acids is 2. The minimum Gasteiger partial charge on any atom is -0.360 e. The molecule has 6 nitrogen and oxygen atoms in total. The van der Waals surface area contributed by atoms with Gasteiger partial charge in [0.25, 0.3) is 5.91 Å². The molecule has 1 aliphatic rings. The van der Waals surface area contributed by atoms with Crippen LogP contribution in [0.4, 0.5) is 11.4 Å². The molecule has 1 heterocycles. The molecule has 1 saturated heterocycles. The molecule has 6 heteroatoms. The SMILES string of the molecule is CC(=O)c1ccc(N2CC[NH+](CC(=O)Nc3ccccc3C#N)CC2)cc1. The normalized spacial score (nSPS) is 14.4. The summed E-state index contributed by atoms with van der Waals surface area (Å²) in [5.74, 6) is -0.00763. The number of piperazine rings is 1. The number of rotatable bonds is 5. The number of nitrogens with one attached hydrogen (secondary N) is 2. The summed E-state index contributed by atoms with van der Waals surface area (Å²) in [7, 11) is 0. The van der Waals surface area contributed by atoms with Crippen molar-refractivity contribution >= 4 is 23.1 Å². The topological polar surface area (TPSA) is 77.6 Å². The molecule has 0 saturated carbocycles. The van der Waals surface area contributed by atoms with Crippen molar-refractivity contribution in [1.29, 1.82) is 5.26 Å². The summed E-state index contributed by atoms with van der Waals surface area (Å²) in [5, 5.41) is 11.9. The molecule has 0 atom stereocenters. The van der Waals surface area contributed by atoms with Crippen LogP contribution >= 0.6 is 0 Å². The van der Waals surface area contributed by atoms with E-state index in [0.29, 0.717) is 17.8 Å². The Morgan fingerprint density at radius 2 is 1.78 bits per heavy atom. The van der Waals surface area contributed by atoms with Crippen molar-refractivity contribution in [3.8, 4) is 6.07 Å². The van der Waals surface area contributed by atoms with Crippen molar-refractivity contribution in [2.24, 2.45) is 0 Å². The molecule has 0 radical (unpaired) electrons. The van der Waals surface area contributed by atoms with Gasteiger partial charge >= 0.3 is 0 Å². The van der Waals surface area contributed by atoms with Crippen LogP contribution in [0, 0.1) is 11.3 Å². The molecule has 0 spiro atoms. The number of anilines is 2. The molecule has 0 bridgehead atoms. The van der Waals surface area contributed by atoms with Crippen LogP contribution in [0.25, 0.3) is 0 Å². The van der Waals surface area contributed by atoms with E-state index in [1.165, 1.54) is 4.90 Å². The minimum absolute atomic E-state index is 0.0693. The quantitative estimate of drug-likeness (QED) is 0.780. The lowest BCUT2D eigenvalue weighted by molar-refractivity contribution is -0.892. The number of ketones is 1. The predicted octanol–water partition coefficient (Wildman–Crippen LogP) is 1.10. The van der Waals surface area contributed by atoms with Crippen molar-refractivity contribution in [3.05, 3.63) is 59.7 Å². The first-order valence-corrected chi connectivity index (χ1v) is 9.05. The summed E-state index contributed by atoms with van der Waals surface area (Å²) in [6, 6.07) is 16.8. The van der Waals surface area contributed by atoms with Crippen LogP contribution in [0.15, 0.2) is 48.5 Å². The van der Waals surface area contributed by atoms with E-state index in [9.17, 15) is 9.59 Å². The third-order valence-electron chi connectivity index (χ3n) is 4.84. The van der Waals surface area contributed by atoms with Crippen LogP contribution in [-0.2, 0) is 4.79 Å². The number of para-hydroxylation sites is 1. The molecule has 1 fully saturated rings. The fourth-order valence-corrected chi connectivity index (χ4v) is 3.28. The second-order valence-corrected chi connectivity index (χ2v) is 6.72. The highest BCUT2D eigenvalue weighted by Crippen LogP contribution is 2.16. The van der Waals surface area contributed by atoms with Gasteiger partial charge in [-0.3, -0.25) is 9.59 Å². The van der Waals surface area contributed by atoms with Crippen molar-refractivity contribution in [1.82, 2.24) is 0 Å². The van der Waals surface area contributed by atoms with Crippen LogP contribution in [0.2, 0.25) is 0 Å². The Labute approximate surface area is 159 Å². The average molecular weight is 363 g/mol. The van der Waals surface area contributed by atoms with Gasteiger partial charge in [-0.2, -0.15) is 5.26 Å². The third kappa shape index (κ3) is 4.72. The fourth-order valence-electron chi connectivity index (χ4n) is 3.28. The number of hydrogen-bond donors (Lipinski definition) is 2. The van der Waals surface area contributed by atoms with E-state index >= 15 is 0 Å².